The lowest BCUT2D eigenvalue weighted by Gasteiger charge is -2.35. The van der Waals surface area contributed by atoms with E-state index in [-0.39, 0.29) is 11.5 Å². The molecule has 0 atom stereocenters. The fourth-order valence-corrected chi connectivity index (χ4v) is 3.16. The molecule has 27 heavy (non-hydrogen) atoms. The Morgan fingerprint density at radius 3 is 2.52 bits per heavy atom. The topological polar surface area (TPSA) is 59.4 Å². The van der Waals surface area contributed by atoms with Crippen molar-refractivity contribution in [2.24, 2.45) is 0 Å². The van der Waals surface area contributed by atoms with Crippen molar-refractivity contribution in [2.45, 2.75) is 6.54 Å². The van der Waals surface area contributed by atoms with Crippen LogP contribution in [0.3, 0.4) is 0 Å². The van der Waals surface area contributed by atoms with Crippen LogP contribution in [0.2, 0.25) is 5.02 Å². The van der Waals surface area contributed by atoms with Crippen LogP contribution in [-0.2, 0) is 11.3 Å². The molecule has 0 aliphatic carbocycles. The van der Waals surface area contributed by atoms with Gasteiger partial charge in [-0.1, -0.05) is 48.0 Å². The predicted octanol–water partition coefficient (Wildman–Crippen LogP) is 3.19. The molecule has 3 rings (SSSR count). The molecule has 0 radical (unpaired) electrons. The number of nitrogens with one attached hydrogen (secondary N) is 1. The highest BCUT2D eigenvalue weighted by Crippen LogP contribution is 2.21. The van der Waals surface area contributed by atoms with E-state index in [1.807, 2.05) is 65.6 Å². The molecule has 1 fully saturated rings. The van der Waals surface area contributed by atoms with Crippen LogP contribution in [0.15, 0.2) is 66.4 Å². The molecule has 0 spiro atoms. The fraction of sp³-hybridized carbons (Fsp3) is 0.238. The number of rotatable bonds is 5. The number of nitriles is 1. The largest absolute Gasteiger partial charge is 0.373 e. The molecular weight excluding hydrogens is 360 g/mol. The van der Waals surface area contributed by atoms with Crippen molar-refractivity contribution < 1.29 is 4.79 Å². The molecule has 1 saturated heterocycles. The Morgan fingerprint density at radius 2 is 1.85 bits per heavy atom. The number of carbonyl (C=O) groups excluding carboxylic acids is 1. The minimum atomic E-state index is -0.348. The second-order valence-corrected chi connectivity index (χ2v) is 6.76. The van der Waals surface area contributed by atoms with E-state index in [1.165, 1.54) is 0 Å². The van der Waals surface area contributed by atoms with Gasteiger partial charge < -0.3 is 15.1 Å². The smallest absolute Gasteiger partial charge is 0.263 e. The Bertz CT molecular complexity index is 852. The summed E-state index contributed by atoms with van der Waals surface area (Å²) in [5.74, 6) is -0.348. The maximum Gasteiger partial charge on any atom is 0.263 e. The molecule has 1 amide bonds. The highest BCUT2D eigenvalue weighted by Gasteiger charge is 2.17. The molecule has 5 nitrogen and oxygen atoms in total. The predicted molar refractivity (Wildman–Crippen MR) is 107 cm³/mol. The summed E-state index contributed by atoms with van der Waals surface area (Å²) in [5.41, 5.74) is 2.22. The molecule has 1 heterocycles. The molecule has 6 heteroatoms. The lowest BCUT2D eigenvalue weighted by molar-refractivity contribution is -0.117. The van der Waals surface area contributed by atoms with Crippen molar-refractivity contribution in [1.29, 1.82) is 5.26 Å². The van der Waals surface area contributed by atoms with Gasteiger partial charge in [0, 0.05) is 49.6 Å². The summed E-state index contributed by atoms with van der Waals surface area (Å²) in [4.78, 5) is 16.6. The molecule has 2 aromatic rings. The molecule has 138 valence electrons. The standard InChI is InChI=1S/C21H21ClN4O/c22-19-7-4-8-20(13-19)26-11-9-25(10-12-26)16-18(14-23)21(27)24-15-17-5-2-1-3-6-17/h1-8,13,16H,9-12,15H2,(H,24,27)/b18-16+. The van der Waals surface area contributed by atoms with Crippen molar-refractivity contribution in [3.05, 3.63) is 77.0 Å². The third-order valence-electron chi connectivity index (χ3n) is 4.46. The fourth-order valence-electron chi connectivity index (χ4n) is 2.98. The molecule has 1 aliphatic heterocycles. The van der Waals surface area contributed by atoms with Gasteiger partial charge in [-0.25, -0.2) is 0 Å². The van der Waals surface area contributed by atoms with E-state index in [0.29, 0.717) is 6.54 Å². The Balaban J connectivity index is 1.55. The summed E-state index contributed by atoms with van der Waals surface area (Å²) < 4.78 is 0. The number of nitrogens with zero attached hydrogens (tertiary/aromatic N) is 3. The van der Waals surface area contributed by atoms with Gasteiger partial charge in [0.2, 0.25) is 0 Å². The van der Waals surface area contributed by atoms with Gasteiger partial charge in [-0.05, 0) is 23.8 Å². The first-order valence-electron chi connectivity index (χ1n) is 8.84. The van der Waals surface area contributed by atoms with E-state index < -0.39 is 0 Å². The molecule has 1 N–H and O–H groups in total. The normalized spacial score (nSPS) is 14.6. The van der Waals surface area contributed by atoms with Gasteiger partial charge in [-0.15, -0.1) is 0 Å². The second-order valence-electron chi connectivity index (χ2n) is 6.33. The van der Waals surface area contributed by atoms with Gasteiger partial charge in [-0.3, -0.25) is 4.79 Å². The monoisotopic (exact) mass is 380 g/mol. The number of benzene rings is 2. The second kappa shape index (κ2) is 9.11. The summed E-state index contributed by atoms with van der Waals surface area (Å²) in [6.45, 7) is 3.50. The van der Waals surface area contributed by atoms with Gasteiger partial charge in [0.1, 0.15) is 11.6 Å². The number of anilines is 1. The molecule has 0 bridgehead atoms. The van der Waals surface area contributed by atoms with Crippen LogP contribution in [0.1, 0.15) is 5.56 Å². The Hall–Kier alpha value is -2.97. The van der Waals surface area contributed by atoms with E-state index in [9.17, 15) is 10.1 Å². The number of hydrogen-bond donors (Lipinski definition) is 1. The van der Waals surface area contributed by atoms with E-state index in [4.69, 9.17) is 11.6 Å². The summed E-state index contributed by atoms with van der Waals surface area (Å²) in [5, 5.41) is 12.9. The highest BCUT2D eigenvalue weighted by atomic mass is 35.5. The van der Waals surface area contributed by atoms with Gasteiger partial charge in [0.15, 0.2) is 0 Å². The minimum absolute atomic E-state index is 0.127. The zero-order chi connectivity index (χ0) is 19.1. The lowest BCUT2D eigenvalue weighted by atomic mass is 10.2. The van der Waals surface area contributed by atoms with Crippen molar-refractivity contribution >= 4 is 23.2 Å². The van der Waals surface area contributed by atoms with Gasteiger partial charge >= 0.3 is 0 Å². The average molecular weight is 381 g/mol. The van der Waals surface area contributed by atoms with E-state index in [0.717, 1.165) is 42.5 Å². The van der Waals surface area contributed by atoms with Gasteiger partial charge in [0.25, 0.3) is 5.91 Å². The van der Waals surface area contributed by atoms with Crippen molar-refractivity contribution in [3.8, 4) is 6.07 Å². The Morgan fingerprint density at radius 1 is 1.11 bits per heavy atom. The summed E-state index contributed by atoms with van der Waals surface area (Å²) in [6.07, 6.45) is 1.66. The van der Waals surface area contributed by atoms with Crippen LogP contribution >= 0.6 is 11.6 Å². The van der Waals surface area contributed by atoms with E-state index >= 15 is 0 Å². The average Bonchev–Trinajstić information content (AvgIpc) is 2.71. The zero-order valence-electron chi connectivity index (χ0n) is 14.9. The van der Waals surface area contributed by atoms with Crippen molar-refractivity contribution in [1.82, 2.24) is 10.2 Å². The first-order chi connectivity index (χ1) is 13.2. The van der Waals surface area contributed by atoms with Crippen LogP contribution < -0.4 is 10.2 Å². The number of halogens is 1. The number of hydrogen-bond acceptors (Lipinski definition) is 4. The van der Waals surface area contributed by atoms with Gasteiger partial charge in [-0.2, -0.15) is 5.26 Å². The summed E-state index contributed by atoms with van der Waals surface area (Å²) in [6, 6.07) is 19.4. The SMILES string of the molecule is N#C/C(=C\N1CCN(c2cccc(Cl)c2)CC1)C(=O)NCc1ccccc1. The maximum absolute atomic E-state index is 12.3. The van der Waals surface area contributed by atoms with Crippen molar-refractivity contribution in [2.75, 3.05) is 31.1 Å². The van der Waals surface area contributed by atoms with Crippen LogP contribution in [-0.4, -0.2) is 37.0 Å². The first-order valence-corrected chi connectivity index (χ1v) is 9.22. The third-order valence-corrected chi connectivity index (χ3v) is 4.70. The summed E-state index contributed by atoms with van der Waals surface area (Å²) in [7, 11) is 0. The molecule has 0 aromatic heterocycles. The van der Waals surface area contributed by atoms with Crippen LogP contribution in [0.4, 0.5) is 5.69 Å². The molecule has 1 aliphatic rings. The van der Waals surface area contributed by atoms with Crippen LogP contribution in [0.5, 0.6) is 0 Å². The Labute approximate surface area is 164 Å². The molecular formula is C21H21ClN4O. The Kier molecular flexibility index (Phi) is 6.35. The van der Waals surface area contributed by atoms with Crippen molar-refractivity contribution in [3.63, 3.8) is 0 Å². The molecule has 0 saturated carbocycles. The van der Waals surface area contributed by atoms with Crippen LogP contribution in [0, 0.1) is 11.3 Å². The summed E-state index contributed by atoms with van der Waals surface area (Å²) >= 11 is 6.06. The maximum atomic E-state index is 12.3. The van der Waals surface area contributed by atoms with E-state index in [1.54, 1.807) is 6.20 Å². The first kappa shape index (κ1) is 18.8. The highest BCUT2D eigenvalue weighted by molar-refractivity contribution is 6.30. The van der Waals surface area contributed by atoms with Crippen LogP contribution in [0.25, 0.3) is 0 Å². The van der Waals surface area contributed by atoms with Gasteiger partial charge in [0.05, 0.1) is 0 Å². The molecule has 2 aromatic carbocycles. The lowest BCUT2D eigenvalue weighted by Crippen LogP contribution is -2.44. The number of amides is 1. The molecule has 0 unspecified atom stereocenters. The number of piperazine rings is 1. The zero-order valence-corrected chi connectivity index (χ0v) is 15.7. The third kappa shape index (κ3) is 5.25. The minimum Gasteiger partial charge on any atom is -0.373 e. The van der Waals surface area contributed by atoms with E-state index in [2.05, 4.69) is 10.2 Å². The quantitative estimate of drug-likeness (QED) is 0.639. The number of carbonyl (C=O) groups is 1.